The van der Waals surface area contributed by atoms with E-state index in [-0.39, 0.29) is 13.0 Å². The predicted octanol–water partition coefficient (Wildman–Crippen LogP) is 3.67. The third kappa shape index (κ3) is 5.72. The SMILES string of the molecule is O=C(CCNS(=O)(=O)c1cccc(C(F)(F)F)c1)Nc1cccc(Cl)c1. The zero-order valence-electron chi connectivity index (χ0n) is 13.2. The van der Waals surface area contributed by atoms with Gasteiger partial charge < -0.3 is 5.32 Å². The summed E-state index contributed by atoms with van der Waals surface area (Å²) >= 11 is 5.78. The predicted molar refractivity (Wildman–Crippen MR) is 91.3 cm³/mol. The number of amides is 1. The number of alkyl halides is 3. The number of carbonyl (C=O) groups is 1. The summed E-state index contributed by atoms with van der Waals surface area (Å²) in [6.45, 7) is -0.273. The molecule has 10 heteroatoms. The molecule has 1 amide bonds. The lowest BCUT2D eigenvalue weighted by molar-refractivity contribution is -0.137. The molecule has 5 nitrogen and oxygen atoms in total. The molecule has 26 heavy (non-hydrogen) atoms. The quantitative estimate of drug-likeness (QED) is 0.768. The molecule has 0 saturated carbocycles. The van der Waals surface area contributed by atoms with E-state index >= 15 is 0 Å². The van der Waals surface area contributed by atoms with Crippen molar-refractivity contribution in [3.05, 3.63) is 59.1 Å². The third-order valence-electron chi connectivity index (χ3n) is 3.22. The number of hydrogen-bond donors (Lipinski definition) is 2. The zero-order chi connectivity index (χ0) is 19.4. The van der Waals surface area contributed by atoms with Crippen LogP contribution < -0.4 is 10.0 Å². The fraction of sp³-hybridized carbons (Fsp3) is 0.188. The smallest absolute Gasteiger partial charge is 0.326 e. The molecule has 0 radical (unpaired) electrons. The van der Waals surface area contributed by atoms with Crippen LogP contribution in [0.5, 0.6) is 0 Å². The molecule has 0 spiro atoms. The number of rotatable bonds is 6. The molecule has 2 rings (SSSR count). The van der Waals surface area contributed by atoms with Gasteiger partial charge in [-0.05, 0) is 36.4 Å². The first-order chi connectivity index (χ1) is 12.1. The Morgan fingerprint density at radius 3 is 2.42 bits per heavy atom. The van der Waals surface area contributed by atoms with Crippen molar-refractivity contribution in [2.45, 2.75) is 17.5 Å². The molecule has 140 valence electrons. The molecule has 0 bridgehead atoms. The second kappa shape index (κ2) is 8.07. The van der Waals surface area contributed by atoms with Gasteiger partial charge in [-0.25, -0.2) is 13.1 Å². The van der Waals surface area contributed by atoms with E-state index in [9.17, 15) is 26.4 Å². The minimum atomic E-state index is -4.65. The van der Waals surface area contributed by atoms with E-state index in [0.717, 1.165) is 18.2 Å². The van der Waals surface area contributed by atoms with Gasteiger partial charge in [0.15, 0.2) is 0 Å². The van der Waals surface area contributed by atoms with Gasteiger partial charge in [0.05, 0.1) is 10.5 Å². The minimum Gasteiger partial charge on any atom is -0.326 e. The van der Waals surface area contributed by atoms with Gasteiger partial charge in [-0.2, -0.15) is 13.2 Å². The first-order valence-electron chi connectivity index (χ1n) is 7.30. The Hall–Kier alpha value is -2.10. The molecule has 2 aromatic rings. The van der Waals surface area contributed by atoms with Crippen LogP contribution in [0.2, 0.25) is 5.02 Å². The van der Waals surface area contributed by atoms with Crippen LogP contribution >= 0.6 is 11.6 Å². The normalized spacial score (nSPS) is 12.0. The summed E-state index contributed by atoms with van der Waals surface area (Å²) in [6, 6.07) is 9.75. The second-order valence-corrected chi connectivity index (χ2v) is 7.44. The molecule has 0 atom stereocenters. The van der Waals surface area contributed by atoms with Gasteiger partial charge in [-0.15, -0.1) is 0 Å². The van der Waals surface area contributed by atoms with Crippen LogP contribution in [0.1, 0.15) is 12.0 Å². The van der Waals surface area contributed by atoms with Crippen molar-refractivity contribution < 1.29 is 26.4 Å². The molecule has 0 aliphatic heterocycles. The van der Waals surface area contributed by atoms with Crippen LogP contribution in [0.25, 0.3) is 0 Å². The Balaban J connectivity index is 1.95. The summed E-state index contributed by atoms with van der Waals surface area (Å²) in [6.07, 6.45) is -4.85. The highest BCUT2D eigenvalue weighted by atomic mass is 35.5. The summed E-state index contributed by atoms with van der Waals surface area (Å²) in [5.41, 5.74) is -0.623. The second-order valence-electron chi connectivity index (χ2n) is 5.23. The maximum absolute atomic E-state index is 12.7. The largest absolute Gasteiger partial charge is 0.416 e. The first-order valence-corrected chi connectivity index (χ1v) is 9.16. The standard InChI is InChI=1S/C16H14ClF3N2O3S/c17-12-4-2-5-13(10-12)22-15(23)7-8-21-26(24,25)14-6-1-3-11(9-14)16(18,19)20/h1-6,9-10,21H,7-8H2,(H,22,23). The third-order valence-corrected chi connectivity index (χ3v) is 4.92. The van der Waals surface area contributed by atoms with Crippen LogP contribution in [-0.2, 0) is 21.0 Å². The Morgan fingerprint density at radius 1 is 1.08 bits per heavy atom. The number of halogens is 4. The molecular weight excluding hydrogens is 393 g/mol. The van der Waals surface area contributed by atoms with E-state index in [1.807, 2.05) is 0 Å². The lowest BCUT2D eigenvalue weighted by atomic mass is 10.2. The summed E-state index contributed by atoms with van der Waals surface area (Å²) in [4.78, 5) is 11.3. The van der Waals surface area contributed by atoms with Crippen LogP contribution in [0.15, 0.2) is 53.4 Å². The van der Waals surface area contributed by atoms with Crippen molar-refractivity contribution in [2.75, 3.05) is 11.9 Å². The van der Waals surface area contributed by atoms with E-state index < -0.39 is 32.6 Å². The number of anilines is 1. The molecule has 0 aliphatic carbocycles. The Kier molecular flexibility index (Phi) is 6.27. The van der Waals surface area contributed by atoms with Gasteiger partial charge in [0.25, 0.3) is 0 Å². The fourth-order valence-corrected chi connectivity index (χ4v) is 3.28. The van der Waals surface area contributed by atoms with E-state index in [1.165, 1.54) is 6.07 Å². The summed E-state index contributed by atoms with van der Waals surface area (Å²) in [5, 5.41) is 2.95. The lowest BCUT2D eigenvalue weighted by Gasteiger charge is -2.10. The minimum absolute atomic E-state index is 0.204. The van der Waals surface area contributed by atoms with Gasteiger partial charge >= 0.3 is 6.18 Å². The highest BCUT2D eigenvalue weighted by Gasteiger charge is 2.31. The highest BCUT2D eigenvalue weighted by molar-refractivity contribution is 7.89. The first kappa shape index (κ1) is 20.2. The maximum Gasteiger partial charge on any atom is 0.416 e. The van der Waals surface area contributed by atoms with E-state index in [2.05, 4.69) is 10.0 Å². The summed E-state index contributed by atoms with van der Waals surface area (Å²) in [7, 11) is -4.17. The Bertz CT molecular complexity index is 902. The van der Waals surface area contributed by atoms with Gasteiger partial charge in [-0.3, -0.25) is 4.79 Å². The van der Waals surface area contributed by atoms with E-state index in [0.29, 0.717) is 16.8 Å². The zero-order valence-corrected chi connectivity index (χ0v) is 14.8. The highest BCUT2D eigenvalue weighted by Crippen LogP contribution is 2.30. The van der Waals surface area contributed by atoms with E-state index in [1.54, 1.807) is 18.2 Å². The van der Waals surface area contributed by atoms with Crippen molar-refractivity contribution in [1.82, 2.24) is 4.72 Å². The van der Waals surface area contributed by atoms with Crippen molar-refractivity contribution in [3.8, 4) is 0 Å². The maximum atomic E-state index is 12.7. The molecule has 0 aromatic heterocycles. The molecule has 2 aromatic carbocycles. The van der Waals surface area contributed by atoms with Crippen molar-refractivity contribution in [2.24, 2.45) is 0 Å². The van der Waals surface area contributed by atoms with Crippen LogP contribution in [0, 0.1) is 0 Å². The number of sulfonamides is 1. The van der Waals surface area contributed by atoms with Crippen LogP contribution in [0.4, 0.5) is 18.9 Å². The van der Waals surface area contributed by atoms with Crippen molar-refractivity contribution >= 4 is 33.2 Å². The van der Waals surface area contributed by atoms with Crippen LogP contribution in [-0.4, -0.2) is 20.9 Å². The summed E-state index contributed by atoms with van der Waals surface area (Å²) < 4.78 is 64.3. The average Bonchev–Trinajstić information content (AvgIpc) is 2.54. The molecular formula is C16H14ClF3N2O3S. The van der Waals surface area contributed by atoms with Crippen LogP contribution in [0.3, 0.4) is 0 Å². The molecule has 0 heterocycles. The molecule has 0 fully saturated rings. The molecule has 0 saturated heterocycles. The number of carbonyl (C=O) groups excluding carboxylic acids is 1. The Labute approximate surface area is 153 Å². The summed E-state index contributed by atoms with van der Waals surface area (Å²) in [5.74, 6) is -0.473. The monoisotopic (exact) mass is 406 g/mol. The van der Waals surface area contributed by atoms with Gasteiger partial charge in [0.2, 0.25) is 15.9 Å². The lowest BCUT2D eigenvalue weighted by Crippen LogP contribution is -2.28. The molecule has 0 aliphatic rings. The average molecular weight is 407 g/mol. The number of hydrogen-bond acceptors (Lipinski definition) is 3. The van der Waals surface area contributed by atoms with E-state index in [4.69, 9.17) is 11.6 Å². The fourth-order valence-electron chi connectivity index (χ4n) is 2.01. The molecule has 0 unspecified atom stereocenters. The molecule has 2 N–H and O–H groups in total. The number of nitrogens with one attached hydrogen (secondary N) is 2. The topological polar surface area (TPSA) is 75.3 Å². The Morgan fingerprint density at radius 2 is 1.77 bits per heavy atom. The van der Waals surface area contributed by atoms with Gasteiger partial charge in [0.1, 0.15) is 0 Å². The van der Waals surface area contributed by atoms with Crippen molar-refractivity contribution in [1.29, 1.82) is 0 Å². The van der Waals surface area contributed by atoms with Gasteiger partial charge in [-0.1, -0.05) is 23.7 Å². The van der Waals surface area contributed by atoms with Gasteiger partial charge in [0, 0.05) is 23.7 Å². The van der Waals surface area contributed by atoms with Crippen molar-refractivity contribution in [3.63, 3.8) is 0 Å². The number of benzene rings is 2.